The maximum atomic E-state index is 2.00. The standard InChI is InChI=1S/C12H20.2C2H6/c1-2-8-12(9-3-1)10-4-5-11(12)7-6-10;2*1-2/h10-11H,1-9H2;2*1-2H3. The fourth-order valence-corrected chi connectivity index (χ4v) is 4.60. The SMILES string of the molecule is C1CCC2(CC1)C1CCC2CC1.CC.CC. The van der Waals surface area contributed by atoms with Gasteiger partial charge in [0.05, 0.1) is 0 Å². The number of hydrogen-bond acceptors (Lipinski definition) is 0. The Hall–Kier alpha value is 0. The van der Waals surface area contributed by atoms with Gasteiger partial charge in [0.1, 0.15) is 0 Å². The van der Waals surface area contributed by atoms with E-state index < -0.39 is 0 Å². The van der Waals surface area contributed by atoms with Gasteiger partial charge in [0, 0.05) is 0 Å². The van der Waals surface area contributed by atoms with Crippen LogP contribution in [0.15, 0.2) is 0 Å². The van der Waals surface area contributed by atoms with Gasteiger partial charge in [0.2, 0.25) is 0 Å². The lowest BCUT2D eigenvalue weighted by atomic mass is 9.67. The molecule has 0 heterocycles. The van der Waals surface area contributed by atoms with E-state index in [-0.39, 0.29) is 0 Å². The van der Waals surface area contributed by atoms with Crippen molar-refractivity contribution >= 4 is 0 Å². The average molecular weight is 224 g/mol. The molecule has 0 N–H and O–H groups in total. The second-order valence-corrected chi connectivity index (χ2v) is 5.34. The van der Waals surface area contributed by atoms with E-state index in [4.69, 9.17) is 0 Å². The Labute approximate surface area is 103 Å². The van der Waals surface area contributed by atoms with Crippen LogP contribution in [0.3, 0.4) is 0 Å². The van der Waals surface area contributed by atoms with E-state index in [1.165, 1.54) is 18.3 Å². The van der Waals surface area contributed by atoms with Gasteiger partial charge in [-0.2, -0.15) is 0 Å². The zero-order valence-corrected chi connectivity index (χ0v) is 12.0. The van der Waals surface area contributed by atoms with E-state index in [1.807, 2.05) is 27.7 Å². The molecule has 0 aromatic carbocycles. The molecule has 0 amide bonds. The van der Waals surface area contributed by atoms with E-state index >= 15 is 0 Å². The van der Waals surface area contributed by atoms with Crippen molar-refractivity contribution in [2.45, 2.75) is 85.5 Å². The smallest absolute Gasteiger partial charge is 0.0241 e. The van der Waals surface area contributed by atoms with E-state index in [9.17, 15) is 0 Å². The minimum atomic E-state index is 0.901. The highest BCUT2D eigenvalue weighted by atomic mass is 14.6. The van der Waals surface area contributed by atoms with Crippen molar-refractivity contribution in [2.24, 2.45) is 17.3 Å². The molecule has 3 aliphatic carbocycles. The highest BCUT2D eigenvalue weighted by Gasteiger charge is 2.53. The first-order valence-corrected chi connectivity index (χ1v) is 7.92. The van der Waals surface area contributed by atoms with Crippen LogP contribution < -0.4 is 0 Å². The van der Waals surface area contributed by atoms with Crippen LogP contribution in [0.4, 0.5) is 0 Å². The molecular weight excluding hydrogens is 192 g/mol. The van der Waals surface area contributed by atoms with Gasteiger partial charge >= 0.3 is 0 Å². The molecule has 0 saturated heterocycles. The van der Waals surface area contributed by atoms with E-state index in [0.717, 1.165) is 5.41 Å². The molecule has 3 fully saturated rings. The molecule has 3 aliphatic rings. The van der Waals surface area contributed by atoms with Gasteiger partial charge in [-0.25, -0.2) is 0 Å². The predicted octanol–water partition coefficient (Wildman–Crippen LogP) is 5.81. The first-order chi connectivity index (χ1) is 7.92. The first kappa shape index (κ1) is 14.1. The van der Waals surface area contributed by atoms with Gasteiger partial charge in [0.15, 0.2) is 0 Å². The summed E-state index contributed by atoms with van der Waals surface area (Å²) in [4.78, 5) is 0. The van der Waals surface area contributed by atoms with Gasteiger partial charge in [-0.3, -0.25) is 0 Å². The summed E-state index contributed by atoms with van der Waals surface area (Å²) in [5.41, 5.74) is 0.901. The van der Waals surface area contributed by atoms with Crippen molar-refractivity contribution in [1.29, 1.82) is 0 Å². The highest BCUT2D eigenvalue weighted by molar-refractivity contribution is 5.03. The molecule has 0 heteroatoms. The van der Waals surface area contributed by atoms with E-state index in [2.05, 4.69) is 0 Å². The minimum Gasteiger partial charge on any atom is -0.0683 e. The van der Waals surface area contributed by atoms with Crippen LogP contribution in [0.1, 0.15) is 85.5 Å². The molecule has 2 bridgehead atoms. The van der Waals surface area contributed by atoms with Gasteiger partial charge < -0.3 is 0 Å². The molecule has 0 nitrogen and oxygen atoms in total. The Morgan fingerprint density at radius 2 is 1.00 bits per heavy atom. The summed E-state index contributed by atoms with van der Waals surface area (Å²) in [6.07, 6.45) is 14.2. The Kier molecular flexibility index (Phi) is 5.86. The van der Waals surface area contributed by atoms with Crippen LogP contribution in [0.25, 0.3) is 0 Å². The molecule has 0 unspecified atom stereocenters. The fourth-order valence-electron chi connectivity index (χ4n) is 4.60. The third-order valence-electron chi connectivity index (χ3n) is 5.14. The lowest BCUT2D eigenvalue weighted by molar-refractivity contribution is 0.121. The minimum absolute atomic E-state index is 0.901. The molecule has 0 radical (unpaired) electrons. The summed E-state index contributed by atoms with van der Waals surface area (Å²) in [6, 6.07) is 0. The zero-order valence-electron chi connectivity index (χ0n) is 12.0. The summed E-state index contributed by atoms with van der Waals surface area (Å²) >= 11 is 0. The van der Waals surface area contributed by atoms with Crippen LogP contribution in [0.5, 0.6) is 0 Å². The normalized spacial score (nSPS) is 33.8. The lowest BCUT2D eigenvalue weighted by Crippen LogP contribution is -2.28. The van der Waals surface area contributed by atoms with Crippen molar-refractivity contribution in [3.8, 4) is 0 Å². The van der Waals surface area contributed by atoms with Crippen molar-refractivity contribution < 1.29 is 0 Å². The summed E-state index contributed by atoms with van der Waals surface area (Å²) in [5, 5.41) is 0. The second kappa shape index (κ2) is 6.67. The Morgan fingerprint density at radius 3 is 1.38 bits per heavy atom. The van der Waals surface area contributed by atoms with Crippen LogP contribution in [-0.2, 0) is 0 Å². The topological polar surface area (TPSA) is 0 Å². The van der Waals surface area contributed by atoms with Crippen molar-refractivity contribution in [3.63, 3.8) is 0 Å². The average Bonchev–Trinajstić information content (AvgIpc) is 2.90. The van der Waals surface area contributed by atoms with E-state index in [0.29, 0.717) is 0 Å². The summed E-state index contributed by atoms with van der Waals surface area (Å²) in [5.74, 6) is 2.34. The second-order valence-electron chi connectivity index (χ2n) is 5.34. The molecule has 1 spiro atoms. The quantitative estimate of drug-likeness (QED) is 0.487. The van der Waals surface area contributed by atoms with Gasteiger partial charge in [-0.05, 0) is 55.8 Å². The van der Waals surface area contributed by atoms with Crippen molar-refractivity contribution in [3.05, 3.63) is 0 Å². The third kappa shape index (κ3) is 2.31. The highest BCUT2D eigenvalue weighted by Crippen LogP contribution is 2.63. The van der Waals surface area contributed by atoms with Gasteiger partial charge in [-0.15, -0.1) is 0 Å². The monoisotopic (exact) mass is 224 g/mol. The summed E-state index contributed by atoms with van der Waals surface area (Å²) < 4.78 is 0. The third-order valence-corrected chi connectivity index (χ3v) is 5.14. The van der Waals surface area contributed by atoms with E-state index in [1.54, 1.807) is 51.4 Å². The molecular formula is C16H32. The molecule has 0 aromatic heterocycles. The predicted molar refractivity (Wildman–Crippen MR) is 73.7 cm³/mol. The van der Waals surface area contributed by atoms with Crippen molar-refractivity contribution in [2.75, 3.05) is 0 Å². The maximum Gasteiger partial charge on any atom is -0.0241 e. The van der Waals surface area contributed by atoms with Crippen LogP contribution >= 0.6 is 0 Å². The van der Waals surface area contributed by atoms with Crippen LogP contribution in [-0.4, -0.2) is 0 Å². The van der Waals surface area contributed by atoms with Crippen LogP contribution in [0.2, 0.25) is 0 Å². The molecule has 16 heavy (non-hydrogen) atoms. The fraction of sp³-hybridized carbons (Fsp3) is 1.00. The molecule has 3 saturated carbocycles. The largest absolute Gasteiger partial charge is 0.0683 e. The summed E-state index contributed by atoms with van der Waals surface area (Å²) in [7, 11) is 0. The Morgan fingerprint density at radius 1 is 0.625 bits per heavy atom. The summed E-state index contributed by atoms with van der Waals surface area (Å²) in [6.45, 7) is 8.00. The zero-order chi connectivity index (χ0) is 12.0. The van der Waals surface area contributed by atoms with Crippen LogP contribution in [0, 0.1) is 17.3 Å². The van der Waals surface area contributed by atoms with Gasteiger partial charge in [-0.1, -0.05) is 47.0 Å². The molecule has 3 rings (SSSR count). The Balaban J connectivity index is 0.000000291. The van der Waals surface area contributed by atoms with Gasteiger partial charge in [0.25, 0.3) is 0 Å². The first-order valence-electron chi connectivity index (χ1n) is 7.92. The molecule has 96 valence electrons. The maximum absolute atomic E-state index is 2.00. The molecule has 0 aliphatic heterocycles. The number of hydrogen-bond donors (Lipinski definition) is 0. The number of rotatable bonds is 0. The molecule has 0 aromatic rings. The lowest BCUT2D eigenvalue weighted by Gasteiger charge is -2.38. The Bertz CT molecular complexity index is 154. The van der Waals surface area contributed by atoms with Crippen molar-refractivity contribution in [1.82, 2.24) is 0 Å². The molecule has 0 atom stereocenters.